The Morgan fingerprint density at radius 2 is 0.887 bits per heavy atom. The fraction of sp³-hybridized carbons (Fsp3) is 0.556. The van der Waals surface area contributed by atoms with Crippen molar-refractivity contribution in [2.24, 2.45) is 0 Å². The van der Waals surface area contributed by atoms with Gasteiger partial charge in [-0.15, -0.1) is 0 Å². The van der Waals surface area contributed by atoms with Crippen molar-refractivity contribution in [2.75, 3.05) is 88.0 Å². The summed E-state index contributed by atoms with van der Waals surface area (Å²) < 4.78 is 158. The summed E-state index contributed by atoms with van der Waals surface area (Å²) in [6, 6.07) is 10.7. The molecule has 0 aliphatic carbocycles. The van der Waals surface area contributed by atoms with Gasteiger partial charge in [-0.1, -0.05) is 77.9 Å². The molecule has 0 radical (unpaired) electrons. The van der Waals surface area contributed by atoms with Crippen molar-refractivity contribution in [1.29, 1.82) is 0 Å². The summed E-state index contributed by atoms with van der Waals surface area (Å²) in [5.41, 5.74) is 11.5. The number of carboxylic acid groups (broad SMARTS) is 2. The molecule has 2 fully saturated rings. The number of phosphoric acid groups is 4. The standard InChI is InChI=1S/2C21H27ClFN6O13P3S.2C6H15N/c2*1-46-8-7-12(20(31)32)28-43(33,40-11-5-3-2-4-6-11)41-45(36,37)42-44(34,35)38-9-13-16(30)14(23)19(39-13)29-10-25-15-17(24)26-21(22)27-18(15)29;2*1-4-7(5-2)6-3/h2*2-6,10,12-14,16,19,30H,7-9H2,1H3,(H,28,33)(H,31,32)(H,34,35)(H,36,37)(H2,24,26,27);2*4-6H2,1-3H3/t2*12?,13-,14+,16-,19-,43?;;/m11../s1. The largest absolute Gasteiger partial charge is 0.490 e. The first-order valence-corrected chi connectivity index (χ1v) is 44.2. The average Bonchev–Trinajstić information content (AvgIpc) is 1.61. The smallest absolute Gasteiger partial charge is 0.480 e. The number of nitrogen functional groups attached to an aromatic ring is 2. The second-order valence-electron chi connectivity index (χ2n) is 21.8. The second kappa shape index (κ2) is 42.2. The number of halogens is 4. The van der Waals surface area contributed by atoms with Crippen LogP contribution >= 0.6 is 93.5 Å². The zero-order valence-electron chi connectivity index (χ0n) is 57.8. The quantitative estimate of drug-likeness (QED) is 0.0128. The average molecular weight is 1700 g/mol. The number of thioether (sulfide) groups is 2. The zero-order valence-corrected chi connectivity index (χ0v) is 66.3. The van der Waals surface area contributed by atoms with Gasteiger partial charge in [0.1, 0.15) is 59.0 Å². The van der Waals surface area contributed by atoms with E-state index in [1.165, 1.54) is 111 Å². The Bertz CT molecular complexity index is 3850. The summed E-state index contributed by atoms with van der Waals surface area (Å²) in [5.74, 6) is -3.15. The number of imidazole rings is 2. The van der Waals surface area contributed by atoms with Gasteiger partial charge in [-0.3, -0.25) is 27.8 Å². The highest BCUT2D eigenvalue weighted by Gasteiger charge is 2.52. The number of fused-ring (bicyclic) bond motifs is 2. The molecule has 0 spiro atoms. The SMILES string of the molecule is CCN(CC)CC.CCN(CC)CC.CSCCC(NP(=O)(Oc1ccccc1)OP(=O)(O)OP(=O)(O)OC[C@H]1O[C@@H](n2cnc3c(N)nc(Cl)nc32)[C@@H](F)[C@@H]1O)C(=O)O.CSCCC(NP(=O)(Oc1ccccc1)OP(=O)(O)OP(=O)(O)OC[C@H]1O[C@@H](n2cnc3c(N)nc(Cl)nc32)[C@@H](F)[C@@H]1O)C(=O)O. The Hall–Kier alpha value is -4.52. The predicted molar refractivity (Wildman–Crippen MR) is 386 cm³/mol. The van der Waals surface area contributed by atoms with Crippen molar-refractivity contribution in [3.8, 4) is 11.5 Å². The van der Waals surface area contributed by atoms with E-state index in [1.54, 1.807) is 24.6 Å². The fourth-order valence-corrected chi connectivity index (χ4v) is 19.5. The highest BCUT2D eigenvalue weighted by molar-refractivity contribution is 7.98. The van der Waals surface area contributed by atoms with E-state index in [2.05, 4.69) is 108 Å². The molecule has 6 heterocycles. The zero-order chi connectivity index (χ0) is 79.1. The number of para-hydroxylation sites is 2. The monoisotopic (exact) mass is 1700 g/mol. The molecule has 40 nitrogen and oxygen atoms in total. The third-order valence-electron chi connectivity index (χ3n) is 14.7. The number of phosphoric ester groups is 2. The van der Waals surface area contributed by atoms with Gasteiger partial charge in [0.2, 0.25) is 10.6 Å². The number of anilines is 2. The molecule has 6 aromatic rings. The minimum atomic E-state index is -5.88. The van der Waals surface area contributed by atoms with E-state index in [-0.39, 0.29) is 80.4 Å². The summed E-state index contributed by atoms with van der Waals surface area (Å²) in [6.45, 7) is 18.1. The molecule has 106 heavy (non-hydrogen) atoms. The van der Waals surface area contributed by atoms with E-state index in [1.807, 2.05) is 10.2 Å². The minimum Gasteiger partial charge on any atom is -0.480 e. The molecular weight excluding hydrogens is 1620 g/mol. The van der Waals surface area contributed by atoms with Gasteiger partial charge < -0.3 is 79.8 Å². The molecule has 2 aliphatic rings. The van der Waals surface area contributed by atoms with Crippen LogP contribution in [0.5, 0.6) is 11.5 Å². The number of aliphatic hydroxyl groups is 2. The Kier molecular flexibility index (Phi) is 36.7. The number of nitrogens with zero attached hydrogens (tertiary/aromatic N) is 10. The van der Waals surface area contributed by atoms with E-state index in [0.29, 0.717) is 0 Å². The number of aliphatic carboxylic acids is 2. The predicted octanol–water partition coefficient (Wildman–Crippen LogP) is 8.48. The van der Waals surface area contributed by atoms with Crippen LogP contribution in [-0.4, -0.2) is 226 Å². The van der Waals surface area contributed by atoms with Crippen molar-refractivity contribution < 1.29 is 131 Å². The number of nitrogens with two attached hydrogens (primary N) is 2. The lowest BCUT2D eigenvalue weighted by molar-refractivity contribution is -0.140. The van der Waals surface area contributed by atoms with E-state index in [4.69, 9.17) is 53.2 Å². The van der Waals surface area contributed by atoms with Gasteiger partial charge in [-0.25, -0.2) is 46.1 Å². The molecule has 14 N–H and O–H groups in total. The second-order valence-corrected chi connectivity index (χ2v) is 34.2. The van der Waals surface area contributed by atoms with Crippen LogP contribution in [0.25, 0.3) is 22.3 Å². The normalized spacial score (nSPS) is 22.7. The third-order valence-corrected chi connectivity index (χ3v) is 26.1. The number of carbonyl (C=O) groups is 2. The fourth-order valence-electron chi connectivity index (χ4n) is 9.32. The van der Waals surface area contributed by atoms with Gasteiger partial charge in [-0.05, 0) is 124 Å². The molecular formula is C54H84Cl2F2N14O26P6S2. The number of hydrogen-bond donors (Lipinski definition) is 12. The maximum atomic E-state index is 15.1. The Morgan fingerprint density at radius 1 is 0.566 bits per heavy atom. The highest BCUT2D eigenvalue weighted by Crippen LogP contribution is 2.69. The first-order chi connectivity index (χ1) is 49.7. The van der Waals surface area contributed by atoms with E-state index in [0.717, 1.165) is 21.8 Å². The van der Waals surface area contributed by atoms with Crippen LogP contribution in [0.2, 0.25) is 10.6 Å². The van der Waals surface area contributed by atoms with Gasteiger partial charge in [0, 0.05) is 0 Å². The van der Waals surface area contributed by atoms with Crippen molar-refractivity contribution in [3.63, 3.8) is 0 Å². The number of rotatable bonds is 38. The van der Waals surface area contributed by atoms with Gasteiger partial charge in [0.15, 0.2) is 47.7 Å². The lowest BCUT2D eigenvalue weighted by Crippen LogP contribution is -2.36. The molecule has 8 unspecified atom stereocenters. The first kappa shape index (κ1) is 92.1. The van der Waals surface area contributed by atoms with Gasteiger partial charge in [0.25, 0.3) is 0 Å². The molecule has 596 valence electrons. The number of nitrogens with one attached hydrogen (secondary N) is 2. The number of alkyl halides is 2. The van der Waals surface area contributed by atoms with Gasteiger partial charge in [0.05, 0.1) is 25.9 Å². The number of aromatic nitrogens is 8. The first-order valence-electron chi connectivity index (χ1n) is 31.6. The van der Waals surface area contributed by atoms with Crippen molar-refractivity contribution in [1.82, 2.24) is 59.0 Å². The molecule has 52 heteroatoms. The molecule has 0 bridgehead atoms. The number of ether oxygens (including phenoxy) is 2. The summed E-state index contributed by atoms with van der Waals surface area (Å²) in [5, 5.41) is 43.3. The van der Waals surface area contributed by atoms with Crippen LogP contribution in [0.15, 0.2) is 73.3 Å². The molecule has 16 atom stereocenters. The maximum absolute atomic E-state index is 15.1. The molecule has 4 aromatic heterocycles. The molecule has 0 amide bonds. The van der Waals surface area contributed by atoms with Crippen molar-refractivity contribution in [2.45, 2.75) is 116 Å². The summed E-state index contributed by atoms with van der Waals surface area (Å²) >= 11 is 14.1. The minimum absolute atomic E-state index is 0.0447. The molecule has 0 saturated carbocycles. The number of benzene rings is 2. The molecule has 2 aliphatic heterocycles. The Balaban J connectivity index is 0.000000322. The van der Waals surface area contributed by atoms with E-state index in [9.17, 15) is 77.0 Å². The number of aliphatic hydroxyl groups excluding tert-OH is 2. The Morgan fingerprint density at radius 3 is 1.17 bits per heavy atom. The third kappa shape index (κ3) is 28.0. The molecule has 2 aromatic carbocycles. The number of carboxylic acids is 2. The molecule has 8 rings (SSSR count). The van der Waals surface area contributed by atoms with Gasteiger partial charge >= 0.3 is 58.7 Å². The van der Waals surface area contributed by atoms with E-state index >= 15 is 8.78 Å². The van der Waals surface area contributed by atoms with Crippen LogP contribution < -0.4 is 30.7 Å². The van der Waals surface area contributed by atoms with Gasteiger partial charge in [-0.2, -0.15) is 70.9 Å². The topological polar surface area (TPSA) is 560 Å². The summed E-state index contributed by atoms with van der Waals surface area (Å²) in [4.78, 5) is 92.2. The van der Waals surface area contributed by atoms with Crippen LogP contribution in [-0.2, 0) is 72.7 Å². The van der Waals surface area contributed by atoms with Crippen molar-refractivity contribution >= 4 is 139 Å². The summed E-state index contributed by atoms with van der Waals surface area (Å²) in [7, 11) is -33.3. The van der Waals surface area contributed by atoms with Crippen LogP contribution in [0, 0.1) is 0 Å². The maximum Gasteiger partial charge on any atom is 0.490 e. The van der Waals surface area contributed by atoms with E-state index < -0.39 is 133 Å². The highest BCUT2D eigenvalue weighted by atomic mass is 35.5. The van der Waals surface area contributed by atoms with Crippen LogP contribution in [0.1, 0.15) is 66.8 Å². The summed E-state index contributed by atoms with van der Waals surface area (Å²) in [6.07, 6.45) is -9.56. The van der Waals surface area contributed by atoms with Crippen molar-refractivity contribution in [3.05, 3.63) is 83.9 Å². The Labute approximate surface area is 624 Å². The van der Waals surface area contributed by atoms with Crippen LogP contribution in [0.4, 0.5) is 20.4 Å². The lowest BCUT2D eigenvalue weighted by atomic mass is 10.1. The molecule has 2 saturated heterocycles. The van der Waals surface area contributed by atoms with Crippen LogP contribution in [0.3, 0.4) is 0 Å². The lowest BCUT2D eigenvalue weighted by Gasteiger charge is -2.25. The number of hydrogen-bond acceptors (Lipinski definition) is 32.